The van der Waals surface area contributed by atoms with E-state index in [0.29, 0.717) is 5.91 Å². The molecule has 0 aromatic heterocycles. The Hall–Kier alpha value is -1.84. The minimum absolute atomic E-state index is 0.0761. The Kier molecular flexibility index (Phi) is 5.89. The van der Waals surface area contributed by atoms with Crippen LogP contribution >= 0.6 is 0 Å². The Balaban J connectivity index is 1.32. The van der Waals surface area contributed by atoms with Crippen molar-refractivity contribution in [2.45, 2.75) is 44.9 Å². The topological polar surface area (TPSA) is 49.4 Å². The molecule has 24 heavy (non-hydrogen) atoms. The number of likely N-dealkylation sites (tertiary alicyclic amines) is 1. The summed E-state index contributed by atoms with van der Waals surface area (Å²) in [5.74, 6) is 0.835. The molecule has 2 amide bonds. The van der Waals surface area contributed by atoms with Crippen LogP contribution in [0.2, 0.25) is 0 Å². The van der Waals surface area contributed by atoms with Gasteiger partial charge in [-0.05, 0) is 44.1 Å². The van der Waals surface area contributed by atoms with Crippen molar-refractivity contribution >= 4 is 11.8 Å². The molecule has 0 bridgehead atoms. The second-order valence-electron chi connectivity index (χ2n) is 7.11. The van der Waals surface area contributed by atoms with Gasteiger partial charge in [-0.25, -0.2) is 0 Å². The molecule has 2 aliphatic rings. The average Bonchev–Trinajstić information content (AvgIpc) is 2.58. The molecule has 130 valence electrons. The molecule has 2 fully saturated rings. The van der Waals surface area contributed by atoms with E-state index in [9.17, 15) is 9.59 Å². The Morgan fingerprint density at radius 2 is 1.71 bits per heavy atom. The van der Waals surface area contributed by atoms with Crippen LogP contribution in [0.25, 0.3) is 0 Å². The smallest absolute Gasteiger partial charge is 0.225 e. The lowest BCUT2D eigenvalue weighted by Crippen LogP contribution is -2.46. The van der Waals surface area contributed by atoms with Crippen molar-refractivity contribution in [3.63, 3.8) is 0 Å². The van der Waals surface area contributed by atoms with Crippen LogP contribution in [0.1, 0.15) is 44.1 Å². The molecule has 0 radical (unpaired) electrons. The van der Waals surface area contributed by atoms with Crippen molar-refractivity contribution in [3.8, 4) is 0 Å². The van der Waals surface area contributed by atoms with E-state index in [1.54, 1.807) is 0 Å². The molecule has 1 saturated heterocycles. The van der Waals surface area contributed by atoms with Gasteiger partial charge < -0.3 is 10.2 Å². The standard InChI is InChI=1S/C20H28N2O2/c23-19(21-13-5-8-16-6-2-1-3-7-16)17-11-14-22(15-12-17)20(24)18-9-4-10-18/h1-3,6-7,17-18H,4-5,8-15H2,(H,21,23). The summed E-state index contributed by atoms with van der Waals surface area (Å²) in [5.41, 5.74) is 1.31. The molecule has 1 aliphatic heterocycles. The third kappa shape index (κ3) is 4.37. The van der Waals surface area contributed by atoms with Crippen LogP contribution in [0.5, 0.6) is 0 Å². The number of benzene rings is 1. The lowest BCUT2D eigenvalue weighted by molar-refractivity contribution is -0.141. The average molecular weight is 328 g/mol. The quantitative estimate of drug-likeness (QED) is 0.816. The molecule has 1 saturated carbocycles. The van der Waals surface area contributed by atoms with Gasteiger partial charge in [-0.15, -0.1) is 0 Å². The minimum Gasteiger partial charge on any atom is -0.356 e. The Labute approximate surface area is 144 Å². The number of aryl methyl sites for hydroxylation is 1. The highest BCUT2D eigenvalue weighted by Gasteiger charge is 2.33. The summed E-state index contributed by atoms with van der Waals surface area (Å²) < 4.78 is 0. The number of nitrogens with zero attached hydrogens (tertiary/aromatic N) is 1. The molecule has 1 N–H and O–H groups in total. The predicted octanol–water partition coefficient (Wildman–Crippen LogP) is 2.77. The minimum atomic E-state index is 0.0761. The zero-order valence-corrected chi connectivity index (χ0v) is 14.4. The lowest BCUT2D eigenvalue weighted by atomic mass is 9.83. The predicted molar refractivity (Wildman–Crippen MR) is 94.4 cm³/mol. The molecule has 1 aliphatic carbocycles. The molecule has 3 rings (SSSR count). The number of rotatable bonds is 6. The summed E-state index contributed by atoms with van der Waals surface area (Å²) in [6.45, 7) is 2.23. The third-order valence-electron chi connectivity index (χ3n) is 5.42. The highest BCUT2D eigenvalue weighted by molar-refractivity contribution is 5.81. The van der Waals surface area contributed by atoms with Gasteiger partial charge in [0.1, 0.15) is 0 Å². The second kappa shape index (κ2) is 8.32. The van der Waals surface area contributed by atoms with Gasteiger partial charge in [-0.2, -0.15) is 0 Å². The summed E-state index contributed by atoms with van der Waals surface area (Å²) in [4.78, 5) is 26.5. The van der Waals surface area contributed by atoms with Crippen molar-refractivity contribution < 1.29 is 9.59 Å². The van der Waals surface area contributed by atoms with E-state index >= 15 is 0 Å². The van der Waals surface area contributed by atoms with Crippen LogP contribution in [-0.2, 0) is 16.0 Å². The molecule has 1 heterocycles. The maximum absolute atomic E-state index is 12.3. The molecule has 4 heteroatoms. The number of amides is 2. The fraction of sp³-hybridized carbons (Fsp3) is 0.600. The van der Waals surface area contributed by atoms with Crippen LogP contribution in [0.4, 0.5) is 0 Å². The van der Waals surface area contributed by atoms with Gasteiger partial charge in [0, 0.05) is 31.5 Å². The van der Waals surface area contributed by atoms with Gasteiger partial charge in [0.2, 0.25) is 11.8 Å². The molecule has 4 nitrogen and oxygen atoms in total. The van der Waals surface area contributed by atoms with E-state index in [-0.39, 0.29) is 17.7 Å². The SMILES string of the molecule is O=C(NCCCc1ccccc1)C1CCN(C(=O)C2CCC2)CC1. The second-order valence-corrected chi connectivity index (χ2v) is 7.11. The van der Waals surface area contributed by atoms with E-state index in [1.807, 2.05) is 23.1 Å². The highest BCUT2D eigenvalue weighted by Crippen LogP contribution is 2.30. The molecule has 0 unspecified atom stereocenters. The maximum Gasteiger partial charge on any atom is 0.225 e. The van der Waals surface area contributed by atoms with E-state index in [0.717, 1.165) is 58.2 Å². The maximum atomic E-state index is 12.3. The number of hydrogen-bond acceptors (Lipinski definition) is 2. The number of carbonyl (C=O) groups excluding carboxylic acids is 2. The van der Waals surface area contributed by atoms with Crippen LogP contribution in [0.3, 0.4) is 0 Å². The molecule has 1 aromatic carbocycles. The van der Waals surface area contributed by atoms with E-state index < -0.39 is 0 Å². The van der Waals surface area contributed by atoms with Crippen molar-refractivity contribution in [2.75, 3.05) is 19.6 Å². The molecular weight excluding hydrogens is 300 g/mol. The van der Waals surface area contributed by atoms with Crippen LogP contribution in [0, 0.1) is 11.8 Å². The third-order valence-corrected chi connectivity index (χ3v) is 5.42. The Morgan fingerprint density at radius 1 is 1.00 bits per heavy atom. The van der Waals surface area contributed by atoms with Gasteiger partial charge >= 0.3 is 0 Å². The van der Waals surface area contributed by atoms with Gasteiger partial charge in [0.15, 0.2) is 0 Å². The Morgan fingerprint density at radius 3 is 2.33 bits per heavy atom. The summed E-state index contributed by atoms with van der Waals surface area (Å²) in [5, 5.41) is 3.07. The number of hydrogen-bond donors (Lipinski definition) is 1. The van der Waals surface area contributed by atoms with Gasteiger partial charge in [0.05, 0.1) is 0 Å². The summed E-state index contributed by atoms with van der Waals surface area (Å²) >= 11 is 0. The van der Waals surface area contributed by atoms with Crippen LogP contribution in [-0.4, -0.2) is 36.3 Å². The Bertz CT molecular complexity index is 546. The van der Waals surface area contributed by atoms with Crippen molar-refractivity contribution in [3.05, 3.63) is 35.9 Å². The highest BCUT2D eigenvalue weighted by atomic mass is 16.2. The van der Waals surface area contributed by atoms with Crippen LogP contribution in [0.15, 0.2) is 30.3 Å². The monoisotopic (exact) mass is 328 g/mol. The van der Waals surface area contributed by atoms with Crippen molar-refractivity contribution in [2.24, 2.45) is 11.8 Å². The first-order valence-electron chi connectivity index (χ1n) is 9.34. The summed E-state index contributed by atoms with van der Waals surface area (Å²) in [6.07, 6.45) is 6.88. The lowest BCUT2D eigenvalue weighted by Gasteiger charge is -2.36. The van der Waals surface area contributed by atoms with Crippen molar-refractivity contribution in [1.29, 1.82) is 0 Å². The van der Waals surface area contributed by atoms with E-state index in [4.69, 9.17) is 0 Å². The van der Waals surface area contributed by atoms with Gasteiger partial charge in [-0.1, -0.05) is 36.8 Å². The zero-order valence-electron chi connectivity index (χ0n) is 14.4. The first-order chi connectivity index (χ1) is 11.7. The number of carbonyl (C=O) groups is 2. The molecule has 0 spiro atoms. The first kappa shape index (κ1) is 17.0. The van der Waals surface area contributed by atoms with Gasteiger partial charge in [0.25, 0.3) is 0 Å². The first-order valence-corrected chi connectivity index (χ1v) is 9.34. The largest absolute Gasteiger partial charge is 0.356 e. The van der Waals surface area contributed by atoms with E-state index in [2.05, 4.69) is 17.4 Å². The molecule has 0 atom stereocenters. The molecule has 1 aromatic rings. The fourth-order valence-corrected chi connectivity index (χ4v) is 3.57. The zero-order chi connectivity index (χ0) is 16.8. The fourth-order valence-electron chi connectivity index (χ4n) is 3.57. The van der Waals surface area contributed by atoms with Crippen LogP contribution < -0.4 is 5.32 Å². The number of piperidine rings is 1. The normalized spacial score (nSPS) is 18.9. The number of nitrogens with one attached hydrogen (secondary N) is 1. The van der Waals surface area contributed by atoms with Gasteiger partial charge in [-0.3, -0.25) is 9.59 Å². The van der Waals surface area contributed by atoms with E-state index in [1.165, 1.54) is 12.0 Å². The summed E-state index contributed by atoms with van der Waals surface area (Å²) in [7, 11) is 0. The molecular formula is C20H28N2O2. The summed E-state index contributed by atoms with van der Waals surface area (Å²) in [6, 6.07) is 10.4. The van der Waals surface area contributed by atoms with Crippen molar-refractivity contribution in [1.82, 2.24) is 10.2 Å².